The fourth-order valence-corrected chi connectivity index (χ4v) is 1.26. The molecular formula is C10H13ClN2O2. The van der Waals surface area contributed by atoms with Crippen LogP contribution < -0.4 is 11.1 Å². The molecule has 82 valence electrons. The van der Waals surface area contributed by atoms with Gasteiger partial charge in [-0.2, -0.15) is 0 Å². The molecule has 0 bridgehead atoms. The number of nitrogens with one attached hydrogen (secondary N) is 1. The van der Waals surface area contributed by atoms with Gasteiger partial charge in [0.05, 0.1) is 5.56 Å². The Morgan fingerprint density at radius 1 is 1.53 bits per heavy atom. The highest BCUT2D eigenvalue weighted by Crippen LogP contribution is 2.21. The van der Waals surface area contributed by atoms with Crippen LogP contribution in [-0.4, -0.2) is 24.1 Å². The van der Waals surface area contributed by atoms with Gasteiger partial charge < -0.3 is 16.2 Å². The molecule has 0 saturated heterocycles. The van der Waals surface area contributed by atoms with E-state index in [-0.39, 0.29) is 17.2 Å². The van der Waals surface area contributed by atoms with Crippen LogP contribution in [0.1, 0.15) is 16.8 Å². The third kappa shape index (κ3) is 3.42. The van der Waals surface area contributed by atoms with E-state index < -0.39 is 0 Å². The predicted octanol–water partition coefficient (Wildman–Crippen LogP) is 1.12. The van der Waals surface area contributed by atoms with Gasteiger partial charge in [-0.1, -0.05) is 11.6 Å². The van der Waals surface area contributed by atoms with Crippen LogP contribution in [-0.2, 0) is 0 Å². The quantitative estimate of drug-likeness (QED) is 0.676. The zero-order chi connectivity index (χ0) is 11.3. The van der Waals surface area contributed by atoms with E-state index in [2.05, 4.69) is 5.32 Å². The third-order valence-electron chi connectivity index (χ3n) is 1.87. The Morgan fingerprint density at radius 3 is 2.87 bits per heavy atom. The van der Waals surface area contributed by atoms with Crippen molar-refractivity contribution in [1.82, 2.24) is 5.32 Å². The first kappa shape index (κ1) is 11.8. The van der Waals surface area contributed by atoms with Gasteiger partial charge in [0.1, 0.15) is 5.75 Å². The number of hydrogen-bond donors (Lipinski definition) is 3. The van der Waals surface area contributed by atoms with E-state index >= 15 is 0 Å². The van der Waals surface area contributed by atoms with E-state index in [1.165, 1.54) is 12.1 Å². The summed E-state index contributed by atoms with van der Waals surface area (Å²) in [5.41, 5.74) is 5.50. The predicted molar refractivity (Wildman–Crippen MR) is 59.1 cm³/mol. The first-order chi connectivity index (χ1) is 7.15. The van der Waals surface area contributed by atoms with Crippen molar-refractivity contribution in [2.45, 2.75) is 6.42 Å². The number of amides is 1. The summed E-state index contributed by atoms with van der Waals surface area (Å²) >= 11 is 5.64. The fourth-order valence-electron chi connectivity index (χ4n) is 1.10. The highest BCUT2D eigenvalue weighted by molar-refractivity contribution is 6.30. The molecule has 0 unspecified atom stereocenters. The van der Waals surface area contributed by atoms with Gasteiger partial charge in [-0.15, -0.1) is 0 Å². The topological polar surface area (TPSA) is 75.3 Å². The van der Waals surface area contributed by atoms with Crippen molar-refractivity contribution in [2.24, 2.45) is 5.73 Å². The lowest BCUT2D eigenvalue weighted by Gasteiger charge is -2.06. The van der Waals surface area contributed by atoms with Crippen molar-refractivity contribution >= 4 is 17.5 Å². The highest BCUT2D eigenvalue weighted by atomic mass is 35.5. The van der Waals surface area contributed by atoms with Gasteiger partial charge in [-0.05, 0) is 31.2 Å². The second-order valence-corrected chi connectivity index (χ2v) is 3.50. The Bertz CT molecular complexity index is 355. The van der Waals surface area contributed by atoms with E-state index in [0.717, 1.165) is 0 Å². The molecule has 15 heavy (non-hydrogen) atoms. The number of nitrogens with two attached hydrogens (primary N) is 1. The second-order valence-electron chi connectivity index (χ2n) is 3.06. The Kier molecular flexibility index (Phi) is 4.39. The van der Waals surface area contributed by atoms with Crippen molar-refractivity contribution in [3.8, 4) is 5.75 Å². The van der Waals surface area contributed by atoms with Crippen molar-refractivity contribution in [1.29, 1.82) is 0 Å². The van der Waals surface area contributed by atoms with Gasteiger partial charge in [0.2, 0.25) is 0 Å². The average molecular weight is 229 g/mol. The molecule has 0 aliphatic rings. The molecule has 1 aromatic rings. The Labute approximate surface area is 93.0 Å². The summed E-state index contributed by atoms with van der Waals surface area (Å²) in [6, 6.07) is 4.37. The van der Waals surface area contributed by atoms with Crippen LogP contribution in [0.15, 0.2) is 18.2 Å². The van der Waals surface area contributed by atoms with Gasteiger partial charge in [-0.3, -0.25) is 4.79 Å². The molecule has 1 rings (SSSR count). The maximum absolute atomic E-state index is 11.5. The van der Waals surface area contributed by atoms with Crippen LogP contribution >= 0.6 is 11.6 Å². The molecule has 0 aromatic heterocycles. The van der Waals surface area contributed by atoms with Crippen molar-refractivity contribution in [3.05, 3.63) is 28.8 Å². The average Bonchev–Trinajstić information content (AvgIpc) is 2.17. The molecule has 0 spiro atoms. The van der Waals surface area contributed by atoms with Crippen LogP contribution in [0.5, 0.6) is 5.75 Å². The number of halogens is 1. The second kappa shape index (κ2) is 5.58. The summed E-state index contributed by atoms with van der Waals surface area (Å²) in [6.07, 6.45) is 0.708. The lowest BCUT2D eigenvalue weighted by molar-refractivity contribution is 0.0951. The van der Waals surface area contributed by atoms with E-state index in [4.69, 9.17) is 17.3 Å². The lowest BCUT2D eigenvalue weighted by Crippen LogP contribution is -2.25. The molecule has 4 nitrogen and oxygen atoms in total. The molecule has 4 N–H and O–H groups in total. The maximum Gasteiger partial charge on any atom is 0.255 e. The first-order valence-electron chi connectivity index (χ1n) is 4.62. The molecule has 0 atom stereocenters. The first-order valence-corrected chi connectivity index (χ1v) is 4.99. The summed E-state index contributed by atoms with van der Waals surface area (Å²) in [5, 5.41) is 12.5. The number of benzene rings is 1. The van der Waals surface area contributed by atoms with Crippen LogP contribution in [0, 0.1) is 0 Å². The van der Waals surface area contributed by atoms with Crippen LogP contribution in [0.3, 0.4) is 0 Å². The molecule has 0 heterocycles. The van der Waals surface area contributed by atoms with Crippen molar-refractivity contribution in [2.75, 3.05) is 13.1 Å². The summed E-state index contributed by atoms with van der Waals surface area (Å²) in [5.74, 6) is -0.439. The van der Waals surface area contributed by atoms with E-state index in [1.54, 1.807) is 6.07 Å². The zero-order valence-corrected chi connectivity index (χ0v) is 8.92. The molecule has 0 radical (unpaired) electrons. The third-order valence-corrected chi connectivity index (χ3v) is 2.11. The molecular weight excluding hydrogens is 216 g/mol. The van der Waals surface area contributed by atoms with Gasteiger partial charge in [0.15, 0.2) is 0 Å². The van der Waals surface area contributed by atoms with Crippen LogP contribution in [0.2, 0.25) is 5.02 Å². The van der Waals surface area contributed by atoms with Gasteiger partial charge in [0, 0.05) is 11.6 Å². The summed E-state index contributed by atoms with van der Waals surface area (Å²) in [4.78, 5) is 11.5. The van der Waals surface area contributed by atoms with Crippen LogP contribution in [0.25, 0.3) is 0 Å². The summed E-state index contributed by atoms with van der Waals surface area (Å²) < 4.78 is 0. The SMILES string of the molecule is NCCCNC(=O)c1ccc(Cl)cc1O. The number of aromatic hydroxyl groups is 1. The smallest absolute Gasteiger partial charge is 0.255 e. The Balaban J connectivity index is 2.65. The number of carbonyl (C=O) groups is 1. The fraction of sp³-hybridized carbons (Fsp3) is 0.300. The van der Waals surface area contributed by atoms with Gasteiger partial charge in [0.25, 0.3) is 5.91 Å². The minimum absolute atomic E-state index is 0.118. The molecule has 5 heteroatoms. The number of phenolic OH excluding ortho intramolecular Hbond substituents is 1. The van der Waals surface area contributed by atoms with E-state index in [9.17, 15) is 9.90 Å². The monoisotopic (exact) mass is 228 g/mol. The normalized spacial score (nSPS) is 10.0. The summed E-state index contributed by atoms with van der Waals surface area (Å²) in [6.45, 7) is 1.02. The molecule has 0 fully saturated rings. The van der Waals surface area contributed by atoms with Crippen molar-refractivity contribution < 1.29 is 9.90 Å². The number of hydrogen-bond acceptors (Lipinski definition) is 3. The Hall–Kier alpha value is -1.26. The van der Waals surface area contributed by atoms with Crippen molar-refractivity contribution in [3.63, 3.8) is 0 Å². The minimum Gasteiger partial charge on any atom is -0.507 e. The molecule has 0 saturated carbocycles. The van der Waals surface area contributed by atoms with Gasteiger partial charge >= 0.3 is 0 Å². The maximum atomic E-state index is 11.5. The van der Waals surface area contributed by atoms with E-state index in [0.29, 0.717) is 24.5 Å². The molecule has 0 aliphatic carbocycles. The lowest BCUT2D eigenvalue weighted by atomic mass is 10.2. The molecule has 1 aromatic carbocycles. The molecule has 0 aliphatic heterocycles. The largest absolute Gasteiger partial charge is 0.507 e. The number of rotatable bonds is 4. The van der Waals surface area contributed by atoms with Crippen LogP contribution in [0.4, 0.5) is 0 Å². The number of phenols is 1. The minimum atomic E-state index is -0.322. The zero-order valence-electron chi connectivity index (χ0n) is 8.16. The van der Waals surface area contributed by atoms with E-state index in [1.807, 2.05) is 0 Å². The highest BCUT2D eigenvalue weighted by Gasteiger charge is 2.10. The molecule has 1 amide bonds. The number of carbonyl (C=O) groups excluding carboxylic acids is 1. The van der Waals surface area contributed by atoms with Gasteiger partial charge in [-0.25, -0.2) is 0 Å². The Morgan fingerprint density at radius 2 is 2.27 bits per heavy atom. The standard InChI is InChI=1S/C10H13ClN2O2/c11-7-2-3-8(9(14)6-7)10(15)13-5-1-4-12/h2-3,6,14H,1,4-5,12H2,(H,13,15). The summed E-state index contributed by atoms with van der Waals surface area (Å²) in [7, 11) is 0.